The third kappa shape index (κ3) is 4.27. The van der Waals surface area contributed by atoms with E-state index in [-0.39, 0.29) is 23.6 Å². The van der Waals surface area contributed by atoms with E-state index in [1.165, 1.54) is 38.5 Å². The Balaban J connectivity index is 0.000000171. The number of amides is 4. The van der Waals surface area contributed by atoms with Crippen LogP contribution in [-0.2, 0) is 19.2 Å². The maximum Gasteiger partial charge on any atom is 0.258 e. The molecule has 0 aromatic heterocycles. The normalized spacial score (nSPS) is 14.9. The summed E-state index contributed by atoms with van der Waals surface area (Å²) < 4.78 is 10.0. The fourth-order valence-electron chi connectivity index (χ4n) is 2.81. The predicted molar refractivity (Wildman–Crippen MR) is 109 cm³/mol. The van der Waals surface area contributed by atoms with Crippen molar-refractivity contribution in [3.8, 4) is 11.5 Å². The Morgan fingerprint density at radius 1 is 0.567 bits per heavy atom. The van der Waals surface area contributed by atoms with Gasteiger partial charge in [0.2, 0.25) is 0 Å². The van der Waals surface area contributed by atoms with Gasteiger partial charge in [-0.25, -0.2) is 9.80 Å². The summed E-state index contributed by atoms with van der Waals surface area (Å²) in [5.74, 6) is -0.0805. The van der Waals surface area contributed by atoms with Crippen molar-refractivity contribution in [2.24, 2.45) is 0 Å². The van der Waals surface area contributed by atoms with Crippen molar-refractivity contribution in [3.63, 3.8) is 0 Å². The Hall–Kier alpha value is -4.20. The summed E-state index contributed by atoms with van der Waals surface area (Å²) in [6.45, 7) is 0. The van der Waals surface area contributed by atoms with Crippen molar-refractivity contribution >= 4 is 35.0 Å². The Morgan fingerprint density at radius 2 is 0.900 bits per heavy atom. The molecule has 152 valence electrons. The summed E-state index contributed by atoms with van der Waals surface area (Å²) in [6.07, 6.45) is 5.01. The first-order valence-corrected chi connectivity index (χ1v) is 8.85. The molecule has 0 unspecified atom stereocenters. The highest BCUT2D eigenvalue weighted by Gasteiger charge is 2.26. The number of hydrogen-bond donors (Lipinski definition) is 0. The second-order valence-corrected chi connectivity index (χ2v) is 6.09. The molecule has 2 aliphatic rings. The number of hydrogen-bond acceptors (Lipinski definition) is 6. The third-order valence-corrected chi connectivity index (χ3v) is 4.24. The van der Waals surface area contributed by atoms with Crippen molar-refractivity contribution < 1.29 is 28.7 Å². The van der Waals surface area contributed by atoms with E-state index in [1.807, 2.05) is 0 Å². The van der Waals surface area contributed by atoms with Crippen molar-refractivity contribution in [3.05, 3.63) is 72.8 Å². The minimum absolute atomic E-state index is 0.326. The van der Waals surface area contributed by atoms with Gasteiger partial charge in [0.1, 0.15) is 11.5 Å². The SMILES string of the molecule is COc1cccc(N2C(=O)C=CC2=O)c1.COc1cccc(N2C(=O)C=CC2=O)c1. The van der Waals surface area contributed by atoms with Gasteiger partial charge >= 0.3 is 0 Å². The van der Waals surface area contributed by atoms with Gasteiger partial charge in [0, 0.05) is 36.4 Å². The van der Waals surface area contributed by atoms with E-state index in [0.29, 0.717) is 22.9 Å². The summed E-state index contributed by atoms with van der Waals surface area (Å²) in [6, 6.07) is 13.6. The van der Waals surface area contributed by atoms with E-state index in [2.05, 4.69) is 0 Å². The van der Waals surface area contributed by atoms with Gasteiger partial charge in [0.15, 0.2) is 0 Å². The molecule has 0 aliphatic carbocycles. The molecular weight excluding hydrogens is 388 g/mol. The first-order chi connectivity index (χ1) is 14.4. The molecule has 2 heterocycles. The van der Waals surface area contributed by atoms with Gasteiger partial charge in [-0.1, -0.05) is 12.1 Å². The zero-order valence-electron chi connectivity index (χ0n) is 16.3. The van der Waals surface area contributed by atoms with E-state index in [9.17, 15) is 19.2 Å². The minimum Gasteiger partial charge on any atom is -0.497 e. The van der Waals surface area contributed by atoms with Gasteiger partial charge in [-0.15, -0.1) is 0 Å². The van der Waals surface area contributed by atoms with Crippen molar-refractivity contribution in [2.45, 2.75) is 0 Å². The standard InChI is InChI=1S/2C11H9NO3/c2*1-15-9-4-2-3-8(7-9)12-10(13)5-6-11(12)14/h2*2-7H,1H3. The second kappa shape index (κ2) is 8.87. The summed E-state index contributed by atoms with van der Waals surface area (Å²) >= 11 is 0. The van der Waals surface area contributed by atoms with Crippen molar-refractivity contribution in [1.29, 1.82) is 0 Å². The largest absolute Gasteiger partial charge is 0.497 e. The number of carbonyl (C=O) groups excluding carboxylic acids is 4. The molecule has 2 aromatic carbocycles. The maximum absolute atomic E-state index is 11.4. The lowest BCUT2D eigenvalue weighted by Gasteiger charge is -2.14. The number of nitrogens with zero attached hydrogens (tertiary/aromatic N) is 2. The molecule has 0 N–H and O–H groups in total. The molecule has 0 fully saturated rings. The Morgan fingerprint density at radius 3 is 1.20 bits per heavy atom. The summed E-state index contributed by atoms with van der Waals surface area (Å²) in [7, 11) is 3.07. The first-order valence-electron chi connectivity index (χ1n) is 8.85. The van der Waals surface area contributed by atoms with E-state index < -0.39 is 0 Å². The van der Waals surface area contributed by atoms with Crippen LogP contribution in [0, 0.1) is 0 Å². The van der Waals surface area contributed by atoms with Crippen LogP contribution in [0.3, 0.4) is 0 Å². The van der Waals surface area contributed by atoms with Crippen LogP contribution in [0.5, 0.6) is 11.5 Å². The van der Waals surface area contributed by atoms with Crippen LogP contribution in [0.1, 0.15) is 0 Å². The highest BCUT2D eigenvalue weighted by Crippen LogP contribution is 2.24. The average molecular weight is 406 g/mol. The smallest absolute Gasteiger partial charge is 0.258 e. The molecule has 0 spiro atoms. The number of benzene rings is 2. The average Bonchev–Trinajstić information content (AvgIpc) is 3.28. The van der Waals surface area contributed by atoms with Gasteiger partial charge in [-0.3, -0.25) is 19.2 Å². The van der Waals surface area contributed by atoms with Gasteiger partial charge in [0.05, 0.1) is 25.6 Å². The monoisotopic (exact) mass is 406 g/mol. The quantitative estimate of drug-likeness (QED) is 0.723. The molecule has 0 radical (unpaired) electrons. The summed E-state index contributed by atoms with van der Waals surface area (Å²) in [5.41, 5.74) is 1.05. The van der Waals surface area contributed by atoms with Gasteiger partial charge < -0.3 is 9.47 Å². The van der Waals surface area contributed by atoms with E-state index in [1.54, 1.807) is 48.5 Å². The Labute approximate surface area is 172 Å². The molecule has 0 bridgehead atoms. The van der Waals surface area contributed by atoms with Crippen molar-refractivity contribution in [1.82, 2.24) is 0 Å². The zero-order valence-corrected chi connectivity index (χ0v) is 16.3. The molecular formula is C22H18N2O6. The lowest BCUT2D eigenvalue weighted by molar-refractivity contribution is -0.121. The van der Waals surface area contributed by atoms with E-state index in [4.69, 9.17) is 9.47 Å². The fraction of sp³-hybridized carbons (Fsp3) is 0.0909. The number of imide groups is 2. The molecule has 0 saturated carbocycles. The topological polar surface area (TPSA) is 93.2 Å². The number of anilines is 2. The van der Waals surface area contributed by atoms with Crippen LogP contribution in [0.2, 0.25) is 0 Å². The van der Waals surface area contributed by atoms with Crippen LogP contribution >= 0.6 is 0 Å². The molecule has 4 rings (SSSR count). The number of ether oxygens (including phenoxy) is 2. The number of methoxy groups -OCH3 is 2. The molecule has 0 atom stereocenters. The maximum atomic E-state index is 11.4. The molecule has 2 aromatic rings. The highest BCUT2D eigenvalue weighted by atomic mass is 16.5. The van der Waals surface area contributed by atoms with Crippen LogP contribution < -0.4 is 19.3 Å². The van der Waals surface area contributed by atoms with Gasteiger partial charge in [-0.2, -0.15) is 0 Å². The third-order valence-electron chi connectivity index (χ3n) is 4.24. The molecule has 2 aliphatic heterocycles. The Kier molecular flexibility index (Phi) is 6.07. The van der Waals surface area contributed by atoms with E-state index in [0.717, 1.165) is 9.80 Å². The zero-order chi connectivity index (χ0) is 21.7. The number of carbonyl (C=O) groups is 4. The van der Waals surface area contributed by atoms with Crippen LogP contribution in [-0.4, -0.2) is 37.8 Å². The minimum atomic E-state index is -0.326. The highest BCUT2D eigenvalue weighted by molar-refractivity contribution is 6.28. The lowest BCUT2D eigenvalue weighted by Crippen LogP contribution is -2.29. The first kappa shape index (κ1) is 20.5. The van der Waals surface area contributed by atoms with Crippen LogP contribution in [0.25, 0.3) is 0 Å². The van der Waals surface area contributed by atoms with Crippen molar-refractivity contribution in [2.75, 3.05) is 24.0 Å². The van der Waals surface area contributed by atoms with Gasteiger partial charge in [-0.05, 0) is 24.3 Å². The van der Waals surface area contributed by atoms with Gasteiger partial charge in [0.25, 0.3) is 23.6 Å². The van der Waals surface area contributed by atoms with Crippen LogP contribution in [0.4, 0.5) is 11.4 Å². The summed E-state index contributed by atoms with van der Waals surface area (Å²) in [5, 5.41) is 0. The predicted octanol–water partition coefficient (Wildman–Crippen LogP) is 2.25. The number of rotatable bonds is 4. The molecule has 8 nitrogen and oxygen atoms in total. The second-order valence-electron chi connectivity index (χ2n) is 6.09. The van der Waals surface area contributed by atoms with Crippen LogP contribution in [0.15, 0.2) is 72.8 Å². The van der Waals surface area contributed by atoms with E-state index >= 15 is 0 Å². The molecule has 8 heteroatoms. The fourth-order valence-corrected chi connectivity index (χ4v) is 2.81. The molecule has 30 heavy (non-hydrogen) atoms. The Bertz CT molecular complexity index is 951. The summed E-state index contributed by atoms with van der Waals surface area (Å²) in [4.78, 5) is 47.6. The molecule has 4 amide bonds. The lowest BCUT2D eigenvalue weighted by atomic mass is 10.3. The molecule has 0 saturated heterocycles.